The number of hydrogen-bond acceptors (Lipinski definition) is 2. The number of ether oxygens (including phenoxy) is 1. The molecule has 1 aromatic rings. The Morgan fingerprint density at radius 2 is 2.08 bits per heavy atom. The van der Waals surface area contributed by atoms with Gasteiger partial charge in [-0.2, -0.15) is 0 Å². The molecule has 0 unspecified atom stereocenters. The Kier molecular flexibility index (Phi) is 3.36. The van der Waals surface area contributed by atoms with Crippen molar-refractivity contribution in [1.29, 1.82) is 0 Å². The number of aliphatic hydroxyl groups is 1. The molecule has 0 saturated carbocycles. The molecule has 1 aromatic carbocycles. The molecule has 0 saturated heterocycles. The molecule has 0 aliphatic rings. The van der Waals surface area contributed by atoms with Crippen molar-refractivity contribution in [3.63, 3.8) is 0 Å². The van der Waals surface area contributed by atoms with E-state index in [0.29, 0.717) is 0 Å². The number of aliphatic hydroxyl groups excluding tert-OH is 1. The molecule has 0 spiro atoms. The zero-order valence-electron chi connectivity index (χ0n) is 7.53. The van der Waals surface area contributed by atoms with Gasteiger partial charge in [0.1, 0.15) is 5.75 Å². The van der Waals surface area contributed by atoms with Gasteiger partial charge in [0.05, 0.1) is 6.61 Å². The summed E-state index contributed by atoms with van der Waals surface area (Å²) < 4.78 is 5.35. The first kappa shape index (κ1) is 9.63. The summed E-state index contributed by atoms with van der Waals surface area (Å²) in [6, 6.07) is 7.19. The van der Waals surface area contributed by atoms with Crippen LogP contribution in [0.1, 0.15) is 12.5 Å². The van der Waals surface area contributed by atoms with Crippen molar-refractivity contribution in [2.75, 3.05) is 0 Å². The summed E-state index contributed by atoms with van der Waals surface area (Å²) in [6.07, 6.45) is 4.94. The Labute approximate surface area is 78.2 Å². The van der Waals surface area contributed by atoms with Gasteiger partial charge in [0.25, 0.3) is 0 Å². The van der Waals surface area contributed by atoms with Gasteiger partial charge >= 0.3 is 0 Å². The number of hydrogen-bond donors (Lipinski definition) is 1. The highest BCUT2D eigenvalue weighted by molar-refractivity contribution is 5.27. The van der Waals surface area contributed by atoms with Gasteiger partial charge in [0.2, 0.25) is 0 Å². The number of terminal acetylenes is 1. The van der Waals surface area contributed by atoms with Gasteiger partial charge in [0, 0.05) is 0 Å². The third-order valence-electron chi connectivity index (χ3n) is 1.65. The van der Waals surface area contributed by atoms with Crippen molar-refractivity contribution < 1.29 is 9.84 Å². The normalized spacial score (nSPS) is 11.8. The largest absolute Gasteiger partial charge is 0.478 e. The second kappa shape index (κ2) is 4.54. The van der Waals surface area contributed by atoms with Crippen LogP contribution in [0.3, 0.4) is 0 Å². The summed E-state index contributed by atoms with van der Waals surface area (Å²) in [7, 11) is 0. The number of benzene rings is 1. The van der Waals surface area contributed by atoms with Crippen LogP contribution in [0, 0.1) is 12.3 Å². The molecule has 0 aliphatic heterocycles. The van der Waals surface area contributed by atoms with Crippen LogP contribution in [0.5, 0.6) is 5.75 Å². The van der Waals surface area contributed by atoms with Crippen LogP contribution in [0.25, 0.3) is 0 Å². The summed E-state index contributed by atoms with van der Waals surface area (Å²) in [5.74, 6) is 3.20. The molecule has 0 aliphatic carbocycles. The van der Waals surface area contributed by atoms with Crippen molar-refractivity contribution in [3.8, 4) is 18.1 Å². The second-order valence-corrected chi connectivity index (χ2v) is 2.73. The van der Waals surface area contributed by atoms with E-state index in [2.05, 4.69) is 5.92 Å². The second-order valence-electron chi connectivity index (χ2n) is 2.73. The lowest BCUT2D eigenvalue weighted by Crippen LogP contribution is -2.07. The molecule has 0 aromatic heterocycles. The molecule has 68 valence electrons. The Morgan fingerprint density at radius 3 is 2.54 bits per heavy atom. The van der Waals surface area contributed by atoms with Gasteiger partial charge in [0.15, 0.2) is 6.10 Å². The average molecular weight is 176 g/mol. The van der Waals surface area contributed by atoms with Crippen molar-refractivity contribution >= 4 is 0 Å². The minimum Gasteiger partial charge on any atom is -0.478 e. The van der Waals surface area contributed by atoms with Crippen molar-refractivity contribution in [2.24, 2.45) is 0 Å². The van der Waals surface area contributed by atoms with E-state index >= 15 is 0 Å². The van der Waals surface area contributed by atoms with Gasteiger partial charge in [-0.1, -0.05) is 18.1 Å². The molecule has 1 atom stereocenters. The number of rotatable bonds is 3. The third kappa shape index (κ3) is 2.81. The summed E-state index contributed by atoms with van der Waals surface area (Å²) in [5.41, 5.74) is 0.862. The minimum absolute atomic E-state index is 0.0466. The lowest BCUT2D eigenvalue weighted by molar-refractivity contribution is 0.275. The van der Waals surface area contributed by atoms with Crippen LogP contribution in [0.15, 0.2) is 24.3 Å². The topological polar surface area (TPSA) is 29.5 Å². The monoisotopic (exact) mass is 176 g/mol. The van der Waals surface area contributed by atoms with Gasteiger partial charge in [-0.25, -0.2) is 0 Å². The highest BCUT2D eigenvalue weighted by Crippen LogP contribution is 2.13. The van der Waals surface area contributed by atoms with Crippen LogP contribution in [0.2, 0.25) is 0 Å². The van der Waals surface area contributed by atoms with Crippen LogP contribution < -0.4 is 4.74 Å². The molecule has 0 radical (unpaired) electrons. The highest BCUT2D eigenvalue weighted by atomic mass is 16.5. The van der Waals surface area contributed by atoms with E-state index in [4.69, 9.17) is 16.3 Å². The molecule has 13 heavy (non-hydrogen) atoms. The maximum absolute atomic E-state index is 8.78. The first-order chi connectivity index (χ1) is 6.26. The first-order valence-electron chi connectivity index (χ1n) is 4.09. The molecule has 1 N–H and O–H groups in total. The van der Waals surface area contributed by atoms with E-state index in [1.54, 1.807) is 31.2 Å². The van der Waals surface area contributed by atoms with Gasteiger partial charge in [-0.15, -0.1) is 6.42 Å². The molecule has 0 fully saturated rings. The van der Waals surface area contributed by atoms with Crippen LogP contribution in [-0.2, 0) is 6.61 Å². The van der Waals surface area contributed by atoms with E-state index < -0.39 is 0 Å². The average Bonchev–Trinajstić information content (AvgIpc) is 2.19. The predicted molar refractivity (Wildman–Crippen MR) is 51.3 cm³/mol. The minimum atomic E-state index is -0.222. The zero-order valence-corrected chi connectivity index (χ0v) is 7.53. The van der Waals surface area contributed by atoms with Gasteiger partial charge in [-0.05, 0) is 24.6 Å². The maximum Gasteiger partial charge on any atom is 0.156 e. The standard InChI is InChI=1S/C11H12O2/c1-3-9(2)13-11-6-4-10(8-12)5-7-11/h1,4-7,9,12H,8H2,2H3/t9-/m0/s1. The van der Waals surface area contributed by atoms with Crippen molar-refractivity contribution in [2.45, 2.75) is 19.6 Å². The lowest BCUT2D eigenvalue weighted by Gasteiger charge is -2.08. The van der Waals surface area contributed by atoms with E-state index in [1.807, 2.05) is 0 Å². The fraction of sp³-hybridized carbons (Fsp3) is 0.273. The van der Waals surface area contributed by atoms with Crippen LogP contribution in [0.4, 0.5) is 0 Å². The zero-order chi connectivity index (χ0) is 9.68. The molecule has 2 nitrogen and oxygen atoms in total. The van der Waals surface area contributed by atoms with Gasteiger partial charge < -0.3 is 9.84 Å². The summed E-state index contributed by atoms with van der Waals surface area (Å²) in [4.78, 5) is 0. The molecule has 0 heterocycles. The Balaban J connectivity index is 2.65. The molecule has 0 amide bonds. The van der Waals surface area contributed by atoms with E-state index in [0.717, 1.165) is 11.3 Å². The quantitative estimate of drug-likeness (QED) is 0.708. The SMILES string of the molecule is C#C[C@H](C)Oc1ccc(CO)cc1. The molecule has 0 bridgehead atoms. The van der Waals surface area contributed by atoms with Crippen molar-refractivity contribution in [3.05, 3.63) is 29.8 Å². The molecular weight excluding hydrogens is 164 g/mol. The smallest absolute Gasteiger partial charge is 0.156 e. The highest BCUT2D eigenvalue weighted by Gasteiger charge is 1.98. The molecular formula is C11H12O2. The van der Waals surface area contributed by atoms with E-state index in [1.165, 1.54) is 0 Å². The van der Waals surface area contributed by atoms with Gasteiger partial charge in [-0.3, -0.25) is 0 Å². The summed E-state index contributed by atoms with van der Waals surface area (Å²) >= 11 is 0. The van der Waals surface area contributed by atoms with Crippen LogP contribution >= 0.6 is 0 Å². The van der Waals surface area contributed by atoms with Crippen LogP contribution in [-0.4, -0.2) is 11.2 Å². The summed E-state index contributed by atoms with van der Waals surface area (Å²) in [6.45, 7) is 1.85. The Hall–Kier alpha value is -1.46. The first-order valence-corrected chi connectivity index (χ1v) is 4.09. The fourth-order valence-electron chi connectivity index (χ4n) is 0.912. The summed E-state index contributed by atoms with van der Waals surface area (Å²) in [5, 5.41) is 8.78. The fourth-order valence-corrected chi connectivity index (χ4v) is 0.912. The predicted octanol–water partition coefficient (Wildman–Crippen LogP) is 1.58. The van der Waals surface area contributed by atoms with E-state index in [9.17, 15) is 0 Å². The Morgan fingerprint density at radius 1 is 1.46 bits per heavy atom. The molecule has 1 rings (SSSR count). The van der Waals surface area contributed by atoms with E-state index in [-0.39, 0.29) is 12.7 Å². The van der Waals surface area contributed by atoms with Crippen molar-refractivity contribution in [1.82, 2.24) is 0 Å². The maximum atomic E-state index is 8.78. The molecule has 2 heteroatoms. The Bertz CT molecular complexity index is 295. The third-order valence-corrected chi connectivity index (χ3v) is 1.65. The lowest BCUT2D eigenvalue weighted by atomic mass is 10.2.